The number of H-pyrrole nitrogens is 2. The summed E-state index contributed by atoms with van der Waals surface area (Å²) < 4.78 is 303. The number of aromatic nitrogens is 2. The van der Waals surface area contributed by atoms with Crippen molar-refractivity contribution in [3.63, 3.8) is 0 Å². The minimum absolute atomic E-state index is 0.678. The topological polar surface area (TPSA) is 55.6 Å². The summed E-state index contributed by atoms with van der Waals surface area (Å²) in [7, 11) is 0. The summed E-state index contributed by atoms with van der Waals surface area (Å²) in [5.74, 6) is -51.9. The summed E-state index contributed by atoms with van der Waals surface area (Å²) in [6.45, 7) is 0. The van der Waals surface area contributed by atoms with Crippen LogP contribution in [0, 0.1) is 116 Å². The van der Waals surface area contributed by atoms with Gasteiger partial charge in [-0.25, -0.2) is 87.8 Å². The van der Waals surface area contributed by atoms with Crippen LogP contribution in [0.25, 0.3) is 22.3 Å². The van der Waals surface area contributed by atoms with Gasteiger partial charge in [0.25, 0.3) is 0 Å². The van der Waals surface area contributed by atoms with E-state index in [2.05, 4.69) is 20.6 Å². The predicted octanol–water partition coefficient (Wildman–Crippen LogP) is 9.81. The normalized spacial score (nSPS) is 20.5. The van der Waals surface area contributed by atoms with Crippen LogP contribution in [0.1, 0.15) is 33.6 Å². The van der Waals surface area contributed by atoms with Crippen LogP contribution in [-0.4, -0.2) is 22.1 Å². The molecule has 2 unspecified atom stereocenters. The van der Waals surface area contributed by atoms with Crippen molar-refractivity contribution in [3.8, 4) is 0 Å². The maximum atomic E-state index is 15.8. The van der Waals surface area contributed by atoms with E-state index in [9.17, 15) is 52.7 Å². The highest BCUT2D eigenvalue weighted by atomic mass is 19.2. The van der Waals surface area contributed by atoms with E-state index in [1.807, 2.05) is 0 Å². The fraction of sp³-hybridized carbons (Fsp3) is 0.0455. The molecule has 0 amide bonds. The van der Waals surface area contributed by atoms with Crippen molar-refractivity contribution in [2.24, 2.45) is 0 Å². The first-order chi connectivity index (χ1) is 32.1. The van der Waals surface area contributed by atoms with Gasteiger partial charge in [0.05, 0.1) is 34.3 Å². The highest BCUT2D eigenvalue weighted by Crippen LogP contribution is 2.41. The highest BCUT2D eigenvalue weighted by molar-refractivity contribution is 5.89. The molecule has 2 aromatic heterocycles. The van der Waals surface area contributed by atoms with Crippen molar-refractivity contribution in [2.75, 3.05) is 0 Å². The molecule has 8 bridgehead atoms. The zero-order valence-corrected chi connectivity index (χ0v) is 32.3. The molecule has 0 radical (unpaired) electrons. The molecule has 4 N–H and O–H groups in total. The van der Waals surface area contributed by atoms with Crippen LogP contribution in [0.5, 0.6) is 0 Å². The van der Waals surface area contributed by atoms with Crippen molar-refractivity contribution in [2.45, 2.75) is 12.1 Å². The van der Waals surface area contributed by atoms with Crippen LogP contribution >= 0.6 is 0 Å². The second-order valence-electron chi connectivity index (χ2n) is 14.7. The molecule has 0 spiro atoms. The summed E-state index contributed by atoms with van der Waals surface area (Å²) in [6.07, 6.45) is 2.91. The maximum Gasteiger partial charge on any atom is 0.200 e. The van der Waals surface area contributed by atoms with Gasteiger partial charge >= 0.3 is 0 Å². The van der Waals surface area contributed by atoms with E-state index in [1.54, 1.807) is 0 Å². The molecule has 3 aliphatic rings. The van der Waals surface area contributed by atoms with Gasteiger partial charge < -0.3 is 20.6 Å². The fourth-order valence-electron chi connectivity index (χ4n) is 8.03. The Morgan fingerprint density at radius 2 is 0.529 bits per heavy atom. The lowest BCUT2D eigenvalue weighted by molar-refractivity contribution is 0.375. The zero-order valence-electron chi connectivity index (χ0n) is 32.3. The smallest absolute Gasteiger partial charge is 0.200 e. The third-order valence-corrected chi connectivity index (χ3v) is 11.1. The average molecular weight is 979 g/mol. The minimum atomic E-state index is -2.69. The molecular weight excluding hydrogens is 964 g/mol. The van der Waals surface area contributed by atoms with E-state index < -0.39 is 206 Å². The standard InChI is InChI=1S/C44H14F20N4/c45-25-21(26(46)34(54)41(61)33(25)53)17-9-1-2-10(65-9)18(22-27(47)35(55)42(62)36(56)28(22)48)12-5-6-14(67-12)20(24-31(51)39(59)44(64)40(60)32(24)52)16-8-7-15(68-16)19(13-4-3-11(17)66-13)23-29(49)37(57)43(63)38(58)30(23)50/h1-9,15,65-68H/b17-11+,18-10+,19-13+,20-16+. The van der Waals surface area contributed by atoms with Gasteiger partial charge in [-0.1, -0.05) is 12.2 Å². The first-order valence-corrected chi connectivity index (χ1v) is 18.7. The number of hydrogen-bond acceptors (Lipinski definition) is 2. The summed E-state index contributed by atoms with van der Waals surface area (Å²) in [6, 6.07) is -1.42. The number of nitrogens with one attached hydrogen (secondary N) is 4. The molecule has 6 aromatic rings. The van der Waals surface area contributed by atoms with Crippen molar-refractivity contribution >= 4 is 22.3 Å². The Balaban J connectivity index is 1.48. The van der Waals surface area contributed by atoms with Gasteiger partial charge in [0.1, 0.15) is 0 Å². The summed E-state index contributed by atoms with van der Waals surface area (Å²) >= 11 is 0. The summed E-state index contributed by atoms with van der Waals surface area (Å²) in [5, 5.41) is 3.03. The molecule has 68 heavy (non-hydrogen) atoms. The van der Waals surface area contributed by atoms with Crippen LogP contribution < -0.4 is 21.3 Å². The first-order valence-electron chi connectivity index (χ1n) is 18.7. The molecule has 0 saturated heterocycles. The Hall–Kier alpha value is -7.66. The van der Waals surface area contributed by atoms with E-state index in [-0.39, 0.29) is 0 Å². The molecule has 3 aliphatic heterocycles. The molecule has 0 saturated carbocycles. The lowest BCUT2D eigenvalue weighted by atomic mass is 9.96. The van der Waals surface area contributed by atoms with Gasteiger partial charge in [-0.15, -0.1) is 0 Å². The van der Waals surface area contributed by atoms with E-state index >= 15 is 35.1 Å². The van der Waals surface area contributed by atoms with Crippen molar-refractivity contribution in [1.29, 1.82) is 0 Å². The Bertz CT molecular complexity index is 3200. The maximum absolute atomic E-state index is 15.8. The van der Waals surface area contributed by atoms with Crippen LogP contribution in [0.3, 0.4) is 0 Å². The number of benzene rings is 4. The van der Waals surface area contributed by atoms with Crippen molar-refractivity contribution in [3.05, 3.63) is 221 Å². The number of hydrogen-bond donors (Lipinski definition) is 4. The zero-order chi connectivity index (χ0) is 49.3. The Labute approximate surface area is 363 Å². The van der Waals surface area contributed by atoms with Gasteiger partial charge in [-0.3, -0.25) is 0 Å². The minimum Gasteiger partial charge on any atom is -0.374 e. The lowest BCUT2D eigenvalue weighted by Crippen LogP contribution is -2.33. The number of allylic oxidation sites excluding steroid dienone is 2. The summed E-state index contributed by atoms with van der Waals surface area (Å²) in [5.41, 5.74) is -15.3. The van der Waals surface area contributed by atoms with Gasteiger partial charge in [0.15, 0.2) is 93.1 Å². The van der Waals surface area contributed by atoms with E-state index in [4.69, 9.17) is 0 Å². The molecule has 5 heterocycles. The number of fused-ring (bicyclic) bond motifs is 8. The predicted molar refractivity (Wildman–Crippen MR) is 195 cm³/mol. The Morgan fingerprint density at radius 3 is 0.809 bits per heavy atom. The molecule has 4 nitrogen and oxygen atoms in total. The third-order valence-electron chi connectivity index (χ3n) is 11.1. The third kappa shape index (κ3) is 6.46. The highest BCUT2D eigenvalue weighted by Gasteiger charge is 2.39. The molecule has 0 aliphatic carbocycles. The van der Waals surface area contributed by atoms with Gasteiger partial charge in [0.2, 0.25) is 23.3 Å². The monoisotopic (exact) mass is 978 g/mol. The number of halogens is 20. The summed E-state index contributed by atoms with van der Waals surface area (Å²) in [4.78, 5) is 4.60. The lowest BCUT2D eigenvalue weighted by Gasteiger charge is -2.21. The Kier molecular flexibility index (Phi) is 10.7. The van der Waals surface area contributed by atoms with E-state index in [1.165, 1.54) is 0 Å². The molecule has 0 fully saturated rings. The second-order valence-corrected chi connectivity index (χ2v) is 14.7. The molecule has 350 valence electrons. The van der Waals surface area contributed by atoms with Crippen LogP contribution in [0.15, 0.2) is 60.0 Å². The Morgan fingerprint density at radius 1 is 0.279 bits per heavy atom. The molecule has 9 rings (SSSR count). The van der Waals surface area contributed by atoms with Gasteiger partial charge in [-0.05, 0) is 36.4 Å². The number of rotatable bonds is 4. The van der Waals surface area contributed by atoms with Crippen LogP contribution in [-0.2, 0) is 0 Å². The van der Waals surface area contributed by atoms with E-state index in [0.717, 1.165) is 12.2 Å². The van der Waals surface area contributed by atoms with Crippen LogP contribution in [0.4, 0.5) is 87.8 Å². The SMILES string of the molecule is Fc1c(F)c(F)c(/C2=C3\C=CC(N3)/C(c3c(F)c(F)c(F)c(F)c3F)=c3/cc/c([nH]3)=C(\c3c(F)c(F)c(F)c(F)c3F)C3C=C/C(=C(\c4c(F)c(F)c(F)c(F)c4F)c4ccc2[nH]4)N3)c(F)c1F. The second kappa shape index (κ2) is 16.0. The fourth-order valence-corrected chi connectivity index (χ4v) is 8.03. The molecular formula is C44H14F20N4. The van der Waals surface area contributed by atoms with Crippen molar-refractivity contribution in [1.82, 2.24) is 20.6 Å². The quantitative estimate of drug-likeness (QED) is 0.0809. The molecule has 24 heteroatoms. The largest absolute Gasteiger partial charge is 0.374 e. The molecule has 4 aromatic carbocycles. The van der Waals surface area contributed by atoms with Crippen molar-refractivity contribution < 1.29 is 87.8 Å². The van der Waals surface area contributed by atoms with Gasteiger partial charge in [-0.2, -0.15) is 0 Å². The average Bonchev–Trinajstić information content (AvgIpc) is 4.18. The first kappa shape index (κ1) is 45.5. The van der Waals surface area contributed by atoms with Crippen LogP contribution in [0.2, 0.25) is 0 Å². The molecule has 2 atom stereocenters. The van der Waals surface area contributed by atoms with Gasteiger partial charge in [0, 0.05) is 55.8 Å². The number of aromatic amines is 2. The van der Waals surface area contributed by atoms with E-state index in [0.29, 0.717) is 36.4 Å².